The number of ether oxygens (including phenoxy) is 3. The number of primary amides is 1. The number of fused-ring (bicyclic) bond motifs is 2. The van der Waals surface area contributed by atoms with Gasteiger partial charge in [0.25, 0.3) is 5.91 Å². The first kappa shape index (κ1) is 45.2. The van der Waals surface area contributed by atoms with Crippen LogP contribution in [0.15, 0.2) is 70.6 Å². The Labute approximate surface area is 319 Å². The zero-order chi connectivity index (χ0) is 42.3. The van der Waals surface area contributed by atoms with Gasteiger partial charge in [0, 0.05) is 31.3 Å². The molecule has 1 aromatic rings. The summed E-state index contributed by atoms with van der Waals surface area (Å²) in [6, 6.07) is 0.413. The number of aliphatic hydroxyl groups is 1. The smallest absolute Gasteiger partial charge is 0.416 e. The highest BCUT2D eigenvalue weighted by Gasteiger charge is 2.41. The lowest BCUT2D eigenvalue weighted by molar-refractivity contribution is -0.143. The van der Waals surface area contributed by atoms with E-state index in [1.54, 1.807) is 26.8 Å². The number of hydrogen-bond acceptors (Lipinski definition) is 9. The fourth-order valence-electron chi connectivity index (χ4n) is 6.36. The molecule has 1 aromatic carbocycles. The van der Waals surface area contributed by atoms with Crippen molar-refractivity contribution in [2.24, 2.45) is 17.6 Å². The predicted octanol–water partition coefficient (Wildman–Crippen LogP) is 5.55. The van der Waals surface area contributed by atoms with E-state index >= 15 is 0 Å². The number of amides is 2. The summed E-state index contributed by atoms with van der Waals surface area (Å²) in [6.45, 7) is 5.83. The van der Waals surface area contributed by atoms with Gasteiger partial charge in [0.1, 0.15) is 11.8 Å². The molecular weight excluding hydrogens is 752 g/mol. The molecule has 2 bridgehead atoms. The van der Waals surface area contributed by atoms with Crippen LogP contribution in [0.5, 0.6) is 0 Å². The standard InChI is InChI=1S/C39H43F6N3O8/c1-8-12-47-30-26-13-19(2)14-28(55-7)32(49)21(4)15-22(5)35(56-37(46)53)27(54-6)11-9-10-20(3)36(52)48-31(33(26)50)29(34(30)51)23-16-24(38(40,41)42)18-25(17-23)39(43,44)45/h1,9-11,15-19,21,27-28,32,35,47,49H,12-14H2,2-7H3,(H2,46,53)(H,48,52)/b11-9-,20-10+,22-15+/t19-,21+,27+,28+,32-,35+/m1/s1. The molecule has 6 atom stereocenters. The molecule has 0 fully saturated rings. The highest BCUT2D eigenvalue weighted by molar-refractivity contribution is 6.39. The number of hydrogen-bond donors (Lipinski definition) is 4. The van der Waals surface area contributed by atoms with E-state index in [2.05, 4.69) is 16.6 Å². The average Bonchev–Trinajstić information content (AvgIpc) is 3.11. The van der Waals surface area contributed by atoms with Crippen LogP contribution in [-0.2, 0) is 40.9 Å². The number of Topliss-reactive ketones (excluding diaryl/α,β-unsaturated/α-hetero) is 2. The molecule has 0 spiro atoms. The Morgan fingerprint density at radius 1 is 1.02 bits per heavy atom. The number of rotatable bonds is 6. The summed E-state index contributed by atoms with van der Waals surface area (Å²) >= 11 is 0. The second kappa shape index (κ2) is 18.6. The summed E-state index contributed by atoms with van der Waals surface area (Å²) in [5.41, 5.74) is -1.46. The van der Waals surface area contributed by atoms with Gasteiger partial charge < -0.3 is 35.7 Å². The number of allylic oxidation sites excluding steroid dienone is 4. The zero-order valence-corrected chi connectivity index (χ0v) is 31.4. The molecule has 304 valence electrons. The van der Waals surface area contributed by atoms with Crippen LogP contribution in [0.1, 0.15) is 57.2 Å². The number of terminal acetylenes is 1. The topological polar surface area (TPSA) is 166 Å². The van der Waals surface area contributed by atoms with Crippen LogP contribution in [0.2, 0.25) is 0 Å². The number of aliphatic hydroxyl groups excluding tert-OH is 1. The SMILES string of the molecule is C#CCNC1=C2C[C@@H](C)C[C@H](OC)[C@H](O)[C@@H](C)/C=C(\C)[C@H](OC(N)=O)[C@@H](OC)/C=C\C=C(/C)C(=O)NC(=C(c3cc(C(F)(F)F)cc(C(F)(F)F)c3)C1=O)C2=O. The predicted molar refractivity (Wildman–Crippen MR) is 192 cm³/mol. The molecule has 1 heterocycles. The lowest BCUT2D eigenvalue weighted by atomic mass is 9.81. The number of alkyl halides is 6. The van der Waals surface area contributed by atoms with Gasteiger partial charge in [-0.05, 0) is 61.9 Å². The van der Waals surface area contributed by atoms with Crippen molar-refractivity contribution in [2.45, 2.75) is 77.3 Å². The van der Waals surface area contributed by atoms with Crippen molar-refractivity contribution >= 4 is 29.1 Å². The van der Waals surface area contributed by atoms with E-state index in [0.29, 0.717) is 5.57 Å². The van der Waals surface area contributed by atoms with E-state index in [1.165, 1.54) is 39.4 Å². The Morgan fingerprint density at radius 3 is 2.14 bits per heavy atom. The second-order valence-electron chi connectivity index (χ2n) is 13.4. The van der Waals surface area contributed by atoms with Crippen LogP contribution in [0.3, 0.4) is 0 Å². The molecule has 1 aliphatic heterocycles. The first-order valence-electron chi connectivity index (χ1n) is 17.1. The molecule has 0 saturated heterocycles. The van der Waals surface area contributed by atoms with Gasteiger partial charge in [-0.3, -0.25) is 14.4 Å². The number of nitrogens with two attached hydrogens (primary N) is 1. The summed E-state index contributed by atoms with van der Waals surface area (Å²) < 4.78 is 100. The first-order valence-corrected chi connectivity index (χ1v) is 17.1. The van der Waals surface area contributed by atoms with Crippen LogP contribution in [0, 0.1) is 24.2 Å². The summed E-state index contributed by atoms with van der Waals surface area (Å²) in [7, 11) is 2.63. The Hall–Kier alpha value is -5.18. The first-order chi connectivity index (χ1) is 26.0. The Morgan fingerprint density at radius 2 is 1.62 bits per heavy atom. The van der Waals surface area contributed by atoms with Crippen LogP contribution >= 0.6 is 0 Å². The molecule has 56 heavy (non-hydrogen) atoms. The molecule has 5 N–H and O–H groups in total. The van der Waals surface area contributed by atoms with E-state index < -0.39 is 106 Å². The van der Waals surface area contributed by atoms with Gasteiger partial charge >= 0.3 is 18.4 Å². The monoisotopic (exact) mass is 795 g/mol. The Balaban J connectivity index is 2.39. The van der Waals surface area contributed by atoms with Crippen LogP contribution in [0.4, 0.5) is 31.1 Å². The van der Waals surface area contributed by atoms with E-state index in [9.17, 15) is 50.6 Å². The Kier molecular flexibility index (Phi) is 15.0. The number of methoxy groups -OCH3 is 2. The molecule has 11 nitrogen and oxygen atoms in total. The number of nitrogens with one attached hydrogen (secondary N) is 2. The molecular formula is C39H43F6N3O8. The highest BCUT2D eigenvalue weighted by Crippen LogP contribution is 2.40. The quantitative estimate of drug-likeness (QED) is 0.125. The average molecular weight is 796 g/mol. The van der Waals surface area contributed by atoms with Crippen molar-refractivity contribution in [3.8, 4) is 12.3 Å². The van der Waals surface area contributed by atoms with E-state index in [1.807, 2.05) is 0 Å². The van der Waals surface area contributed by atoms with Gasteiger partial charge in [0.05, 0.1) is 41.1 Å². The highest BCUT2D eigenvalue weighted by atomic mass is 19.4. The van der Waals surface area contributed by atoms with Crippen LogP contribution < -0.4 is 16.4 Å². The summed E-state index contributed by atoms with van der Waals surface area (Å²) in [4.78, 5) is 54.2. The van der Waals surface area contributed by atoms with Gasteiger partial charge in [-0.2, -0.15) is 26.3 Å². The molecule has 0 aromatic heterocycles. The lowest BCUT2D eigenvalue weighted by Gasteiger charge is -2.30. The largest absolute Gasteiger partial charge is 0.439 e. The maximum absolute atomic E-state index is 14.4. The lowest BCUT2D eigenvalue weighted by Crippen LogP contribution is -2.39. The fraction of sp³-hybridized carbons (Fsp3) is 0.436. The third kappa shape index (κ3) is 11.0. The van der Waals surface area contributed by atoms with Crippen molar-refractivity contribution in [2.75, 3.05) is 20.8 Å². The van der Waals surface area contributed by atoms with Gasteiger partial charge in [0.2, 0.25) is 11.6 Å². The number of ketones is 2. The fourth-order valence-corrected chi connectivity index (χ4v) is 6.36. The molecule has 2 amide bonds. The van der Waals surface area contributed by atoms with E-state index in [-0.39, 0.29) is 48.7 Å². The van der Waals surface area contributed by atoms with Crippen molar-refractivity contribution in [3.63, 3.8) is 0 Å². The van der Waals surface area contributed by atoms with Crippen molar-refractivity contribution < 1.29 is 64.8 Å². The Bertz CT molecular complexity index is 1870. The zero-order valence-electron chi connectivity index (χ0n) is 31.4. The van der Waals surface area contributed by atoms with Gasteiger partial charge in [-0.15, -0.1) is 6.42 Å². The third-order valence-electron chi connectivity index (χ3n) is 9.19. The molecule has 2 aliphatic rings. The number of carbonyl (C=O) groups is 4. The van der Waals surface area contributed by atoms with Crippen LogP contribution in [-0.4, -0.2) is 73.9 Å². The molecule has 0 saturated carbocycles. The van der Waals surface area contributed by atoms with Crippen molar-refractivity contribution in [3.05, 3.63) is 87.3 Å². The second-order valence-corrected chi connectivity index (χ2v) is 13.4. The molecule has 0 unspecified atom stereocenters. The van der Waals surface area contributed by atoms with E-state index in [4.69, 9.17) is 26.4 Å². The summed E-state index contributed by atoms with van der Waals surface area (Å²) in [5.74, 6) is -2.37. The molecule has 17 heteroatoms. The molecule has 3 rings (SSSR count). The number of benzene rings is 1. The minimum atomic E-state index is -5.31. The summed E-state index contributed by atoms with van der Waals surface area (Å²) in [5, 5.41) is 16.2. The van der Waals surface area contributed by atoms with Gasteiger partial charge in [-0.1, -0.05) is 44.1 Å². The molecule has 0 radical (unpaired) electrons. The van der Waals surface area contributed by atoms with Gasteiger partial charge in [0.15, 0.2) is 6.10 Å². The summed E-state index contributed by atoms with van der Waals surface area (Å²) in [6.07, 6.45) is -5.21. The van der Waals surface area contributed by atoms with Gasteiger partial charge in [-0.25, -0.2) is 4.79 Å². The van der Waals surface area contributed by atoms with Crippen molar-refractivity contribution in [1.29, 1.82) is 0 Å². The normalized spacial score (nSPS) is 27.4. The van der Waals surface area contributed by atoms with E-state index in [0.717, 1.165) is 0 Å². The number of halogens is 6. The minimum Gasteiger partial charge on any atom is -0.439 e. The van der Waals surface area contributed by atoms with Crippen LogP contribution in [0.25, 0.3) is 5.57 Å². The molecule has 1 aliphatic carbocycles. The maximum Gasteiger partial charge on any atom is 0.416 e. The number of carbonyl (C=O) groups excluding carboxylic acids is 4. The minimum absolute atomic E-state index is 0.0512. The van der Waals surface area contributed by atoms with Crippen molar-refractivity contribution in [1.82, 2.24) is 10.6 Å². The maximum atomic E-state index is 14.4. The third-order valence-corrected chi connectivity index (χ3v) is 9.19.